The highest BCUT2D eigenvalue weighted by Crippen LogP contribution is 2.25. The predicted octanol–water partition coefficient (Wildman–Crippen LogP) is 4.68. The van der Waals surface area contributed by atoms with Gasteiger partial charge in [0.25, 0.3) is 0 Å². The van der Waals surface area contributed by atoms with E-state index in [0.29, 0.717) is 5.56 Å². The Labute approximate surface area is 167 Å². The normalized spacial score (nSPS) is 12.3. The minimum atomic E-state index is -5.14. The van der Waals surface area contributed by atoms with Crippen LogP contribution < -0.4 is 5.32 Å². The molecule has 0 unspecified atom stereocenters. The SMILES string of the molecule is O=C(O[C@@H](CNc1cc(-c2ccc(F)c(F)c2)ncn1)c1ccccc1)C(F)(F)F. The van der Waals surface area contributed by atoms with Crippen molar-refractivity contribution in [2.75, 3.05) is 11.9 Å². The number of benzene rings is 2. The molecule has 1 atom stereocenters. The molecule has 3 rings (SSSR count). The van der Waals surface area contributed by atoms with Gasteiger partial charge in [0.1, 0.15) is 18.2 Å². The topological polar surface area (TPSA) is 64.1 Å². The average Bonchev–Trinajstić information content (AvgIpc) is 2.73. The standard InChI is InChI=1S/C20H14F5N3O2/c21-14-7-6-13(8-15(14)22)16-9-18(28-11-27-16)26-10-17(12-4-2-1-3-5-12)30-19(29)20(23,24)25/h1-9,11,17H,10H2,(H,26,27,28)/t17-/m0/s1. The number of rotatable bonds is 6. The first-order valence-electron chi connectivity index (χ1n) is 8.58. The van der Waals surface area contributed by atoms with Crippen LogP contribution in [0.2, 0.25) is 0 Å². The highest BCUT2D eigenvalue weighted by molar-refractivity contribution is 5.76. The largest absolute Gasteiger partial charge is 0.490 e. The Morgan fingerprint density at radius 3 is 2.40 bits per heavy atom. The van der Waals surface area contributed by atoms with Gasteiger partial charge in [-0.05, 0) is 23.8 Å². The van der Waals surface area contributed by atoms with Gasteiger partial charge in [-0.15, -0.1) is 0 Å². The Hall–Kier alpha value is -3.56. The lowest BCUT2D eigenvalue weighted by Crippen LogP contribution is -2.29. The van der Waals surface area contributed by atoms with E-state index in [9.17, 15) is 26.7 Å². The number of aromatic nitrogens is 2. The number of esters is 1. The van der Waals surface area contributed by atoms with Gasteiger partial charge in [0.2, 0.25) is 0 Å². The third-order valence-electron chi connectivity index (χ3n) is 4.00. The van der Waals surface area contributed by atoms with E-state index in [1.165, 1.54) is 24.3 Å². The molecule has 0 bridgehead atoms. The van der Waals surface area contributed by atoms with Crippen molar-refractivity contribution in [3.05, 3.63) is 78.1 Å². The summed E-state index contributed by atoms with van der Waals surface area (Å²) in [5.41, 5.74) is 0.884. The molecule has 1 N–H and O–H groups in total. The molecule has 10 heteroatoms. The van der Waals surface area contributed by atoms with Crippen molar-refractivity contribution in [3.8, 4) is 11.3 Å². The summed E-state index contributed by atoms with van der Waals surface area (Å²) >= 11 is 0. The fourth-order valence-corrected chi connectivity index (χ4v) is 2.56. The minimum absolute atomic E-state index is 0.189. The van der Waals surface area contributed by atoms with Crippen LogP contribution in [-0.2, 0) is 9.53 Å². The molecule has 5 nitrogen and oxygen atoms in total. The van der Waals surface area contributed by atoms with Crippen LogP contribution >= 0.6 is 0 Å². The zero-order chi connectivity index (χ0) is 21.7. The molecule has 0 saturated heterocycles. The number of nitrogens with one attached hydrogen (secondary N) is 1. The van der Waals surface area contributed by atoms with Crippen molar-refractivity contribution >= 4 is 11.8 Å². The van der Waals surface area contributed by atoms with Gasteiger partial charge < -0.3 is 10.1 Å². The summed E-state index contributed by atoms with van der Waals surface area (Å²) in [7, 11) is 0. The number of hydrogen-bond acceptors (Lipinski definition) is 5. The van der Waals surface area contributed by atoms with Gasteiger partial charge in [0.15, 0.2) is 11.6 Å². The van der Waals surface area contributed by atoms with Crippen molar-refractivity contribution < 1.29 is 31.5 Å². The van der Waals surface area contributed by atoms with Crippen molar-refractivity contribution in [2.45, 2.75) is 12.3 Å². The van der Waals surface area contributed by atoms with Gasteiger partial charge in [0.05, 0.1) is 12.2 Å². The first-order chi connectivity index (χ1) is 14.2. The number of carbonyl (C=O) groups is 1. The smallest absolute Gasteiger partial charge is 0.449 e. The number of ether oxygens (including phenoxy) is 1. The first kappa shape index (κ1) is 21.2. The summed E-state index contributed by atoms with van der Waals surface area (Å²) in [6.07, 6.45) is -5.23. The third kappa shape index (κ3) is 5.28. The molecule has 0 saturated carbocycles. The third-order valence-corrected chi connectivity index (χ3v) is 4.00. The lowest BCUT2D eigenvalue weighted by molar-refractivity contribution is -0.204. The summed E-state index contributed by atoms with van der Waals surface area (Å²) in [6.45, 7) is -0.222. The number of hydrogen-bond donors (Lipinski definition) is 1. The maximum absolute atomic E-state index is 13.5. The number of nitrogens with zero attached hydrogens (tertiary/aromatic N) is 2. The highest BCUT2D eigenvalue weighted by Gasteiger charge is 2.42. The number of anilines is 1. The molecule has 0 spiro atoms. The summed E-state index contributed by atoms with van der Waals surface area (Å²) < 4.78 is 69.0. The van der Waals surface area contributed by atoms with Gasteiger partial charge in [-0.3, -0.25) is 0 Å². The summed E-state index contributed by atoms with van der Waals surface area (Å²) in [5.74, 6) is -4.19. The van der Waals surface area contributed by atoms with E-state index in [1.54, 1.807) is 18.2 Å². The second-order valence-corrected chi connectivity index (χ2v) is 6.10. The molecule has 1 heterocycles. The zero-order valence-corrected chi connectivity index (χ0v) is 15.2. The van der Waals surface area contributed by atoms with Gasteiger partial charge >= 0.3 is 12.1 Å². The van der Waals surface area contributed by atoms with Gasteiger partial charge in [0, 0.05) is 11.6 Å². The maximum Gasteiger partial charge on any atom is 0.490 e. The minimum Gasteiger partial charge on any atom is -0.449 e. The van der Waals surface area contributed by atoms with Crippen LogP contribution in [-0.4, -0.2) is 28.7 Å². The second-order valence-electron chi connectivity index (χ2n) is 6.10. The number of carbonyl (C=O) groups excluding carboxylic acids is 1. The van der Waals surface area contributed by atoms with E-state index in [-0.39, 0.29) is 23.6 Å². The molecule has 0 radical (unpaired) electrons. The van der Waals surface area contributed by atoms with Gasteiger partial charge in [-0.1, -0.05) is 30.3 Å². The fraction of sp³-hybridized carbons (Fsp3) is 0.150. The van der Waals surface area contributed by atoms with E-state index in [1.807, 2.05) is 0 Å². The van der Waals surface area contributed by atoms with E-state index < -0.39 is 29.9 Å². The molecule has 3 aromatic rings. The van der Waals surface area contributed by atoms with Crippen LogP contribution in [0.1, 0.15) is 11.7 Å². The Balaban J connectivity index is 1.78. The Morgan fingerprint density at radius 2 is 1.73 bits per heavy atom. The van der Waals surface area contributed by atoms with Crippen LogP contribution in [0.5, 0.6) is 0 Å². The molecule has 0 aliphatic heterocycles. The molecular weight excluding hydrogens is 409 g/mol. The molecule has 0 amide bonds. The van der Waals surface area contributed by atoms with E-state index >= 15 is 0 Å². The predicted molar refractivity (Wildman–Crippen MR) is 97.2 cm³/mol. The number of alkyl halides is 3. The van der Waals surface area contributed by atoms with Crippen molar-refractivity contribution in [3.63, 3.8) is 0 Å². The van der Waals surface area contributed by atoms with Crippen molar-refractivity contribution in [1.29, 1.82) is 0 Å². The van der Waals surface area contributed by atoms with Gasteiger partial charge in [-0.25, -0.2) is 23.5 Å². The lowest BCUT2D eigenvalue weighted by atomic mass is 10.1. The Morgan fingerprint density at radius 1 is 1.00 bits per heavy atom. The average molecular weight is 423 g/mol. The fourth-order valence-electron chi connectivity index (χ4n) is 2.56. The maximum atomic E-state index is 13.5. The molecule has 1 aromatic heterocycles. The lowest BCUT2D eigenvalue weighted by Gasteiger charge is -2.20. The molecule has 2 aromatic carbocycles. The highest BCUT2D eigenvalue weighted by atomic mass is 19.4. The summed E-state index contributed by atoms with van der Waals surface area (Å²) in [5, 5.41) is 2.77. The molecule has 0 aliphatic carbocycles. The number of halogens is 5. The molecule has 0 fully saturated rings. The monoisotopic (exact) mass is 423 g/mol. The molecule has 156 valence electrons. The zero-order valence-electron chi connectivity index (χ0n) is 15.2. The second kappa shape index (κ2) is 8.85. The Bertz CT molecular complexity index is 1030. The van der Waals surface area contributed by atoms with Crippen LogP contribution in [0.15, 0.2) is 60.9 Å². The Kier molecular flexibility index (Phi) is 6.24. The van der Waals surface area contributed by atoms with E-state index in [0.717, 1.165) is 18.5 Å². The molecule has 0 aliphatic rings. The summed E-state index contributed by atoms with van der Waals surface area (Å²) in [6, 6.07) is 12.5. The van der Waals surface area contributed by atoms with Crippen molar-refractivity contribution in [1.82, 2.24) is 9.97 Å². The van der Waals surface area contributed by atoms with E-state index in [2.05, 4.69) is 20.0 Å². The van der Waals surface area contributed by atoms with Crippen LogP contribution in [0, 0.1) is 11.6 Å². The van der Waals surface area contributed by atoms with Crippen LogP contribution in [0.4, 0.5) is 27.8 Å². The molecule has 30 heavy (non-hydrogen) atoms. The van der Waals surface area contributed by atoms with Crippen LogP contribution in [0.3, 0.4) is 0 Å². The summed E-state index contributed by atoms with van der Waals surface area (Å²) in [4.78, 5) is 19.2. The van der Waals surface area contributed by atoms with Gasteiger partial charge in [-0.2, -0.15) is 13.2 Å². The van der Waals surface area contributed by atoms with Crippen molar-refractivity contribution in [2.24, 2.45) is 0 Å². The quantitative estimate of drug-likeness (QED) is 0.461. The van der Waals surface area contributed by atoms with Crippen LogP contribution in [0.25, 0.3) is 11.3 Å². The first-order valence-corrected chi connectivity index (χ1v) is 8.58. The van der Waals surface area contributed by atoms with E-state index in [4.69, 9.17) is 0 Å². The molecular formula is C20H14F5N3O2.